The van der Waals surface area contributed by atoms with Crippen LogP contribution in [0.2, 0.25) is 0 Å². The number of nitrogens with zero attached hydrogens (tertiary/aromatic N) is 3. The molecule has 228 valence electrons. The molecule has 0 saturated heterocycles. The number of rotatable bonds is 9. The molecule has 1 aliphatic rings. The Balaban J connectivity index is 1.78. The quantitative estimate of drug-likeness (QED) is 0.371. The topological polar surface area (TPSA) is 172 Å². The molecule has 12 nitrogen and oxygen atoms in total. The number of hydrogen-bond donors (Lipinski definition) is 1. The molecule has 2 aromatic carbocycles. The van der Waals surface area contributed by atoms with Crippen LogP contribution in [0.25, 0.3) is 11.4 Å². The normalized spacial score (nSPS) is 17.6. The van der Waals surface area contributed by atoms with E-state index in [2.05, 4.69) is 10.1 Å². The van der Waals surface area contributed by atoms with Crippen molar-refractivity contribution in [2.24, 2.45) is 5.73 Å². The largest absolute Gasteiger partial charge is 0.485 e. The van der Waals surface area contributed by atoms with E-state index in [-0.39, 0.29) is 29.5 Å². The van der Waals surface area contributed by atoms with E-state index in [1.165, 1.54) is 18.7 Å². The van der Waals surface area contributed by atoms with Crippen molar-refractivity contribution in [3.8, 4) is 17.1 Å². The number of nitrogens with two attached hydrogens (primary N) is 1. The van der Waals surface area contributed by atoms with Crippen molar-refractivity contribution in [2.45, 2.75) is 55.5 Å². The van der Waals surface area contributed by atoms with Crippen molar-refractivity contribution in [1.29, 1.82) is 0 Å². The number of amides is 1. The molecule has 0 radical (unpaired) electrons. The molecule has 0 unspecified atom stereocenters. The maximum absolute atomic E-state index is 15.4. The van der Waals surface area contributed by atoms with Gasteiger partial charge in [-0.3, -0.25) is 4.79 Å². The fourth-order valence-electron chi connectivity index (χ4n) is 4.33. The van der Waals surface area contributed by atoms with E-state index in [1.54, 1.807) is 31.4 Å². The second kappa shape index (κ2) is 11.0. The van der Waals surface area contributed by atoms with Gasteiger partial charge in [-0.15, -0.1) is 0 Å². The molecule has 1 atom stereocenters. The first-order chi connectivity index (χ1) is 19.4. The van der Waals surface area contributed by atoms with Crippen LogP contribution in [0.5, 0.6) is 5.75 Å². The second-order valence-electron chi connectivity index (χ2n) is 11.3. The van der Waals surface area contributed by atoms with Crippen LogP contribution in [0.4, 0.5) is 10.1 Å². The summed E-state index contributed by atoms with van der Waals surface area (Å²) < 4.78 is 80.9. The van der Waals surface area contributed by atoms with Gasteiger partial charge in [0.1, 0.15) is 21.9 Å². The third-order valence-corrected chi connectivity index (χ3v) is 10.7. The van der Waals surface area contributed by atoms with Gasteiger partial charge in [0.15, 0.2) is 19.7 Å². The van der Waals surface area contributed by atoms with Crippen molar-refractivity contribution in [3.63, 3.8) is 0 Å². The van der Waals surface area contributed by atoms with Crippen LogP contribution in [0, 0.1) is 5.82 Å². The predicted octanol–water partition coefficient (Wildman–Crippen LogP) is 2.61. The minimum Gasteiger partial charge on any atom is -0.485 e. The Morgan fingerprint density at radius 1 is 1.17 bits per heavy atom. The number of carbonyl (C=O) groups is 1. The zero-order valence-electron chi connectivity index (χ0n) is 24.0. The number of fused-ring (bicyclic) bond motifs is 1. The third kappa shape index (κ3) is 6.19. The van der Waals surface area contributed by atoms with Crippen LogP contribution in [-0.2, 0) is 40.5 Å². The molecule has 1 amide bonds. The van der Waals surface area contributed by atoms with Crippen LogP contribution in [0.15, 0.2) is 45.8 Å². The van der Waals surface area contributed by atoms with Gasteiger partial charge in [0.25, 0.3) is 0 Å². The van der Waals surface area contributed by atoms with Gasteiger partial charge in [-0.25, -0.2) is 21.2 Å². The summed E-state index contributed by atoms with van der Waals surface area (Å²) in [5, 5.41) is 3.74. The number of carbonyl (C=O) groups excluding carboxylic acids is 1. The van der Waals surface area contributed by atoms with E-state index in [1.807, 2.05) is 13.8 Å². The van der Waals surface area contributed by atoms with E-state index in [9.17, 15) is 21.6 Å². The predicted molar refractivity (Wildman–Crippen MR) is 152 cm³/mol. The lowest BCUT2D eigenvalue weighted by atomic mass is 10.1. The molecule has 0 saturated carbocycles. The van der Waals surface area contributed by atoms with Crippen molar-refractivity contribution in [2.75, 3.05) is 30.6 Å². The number of hydrogen-bond acceptors (Lipinski definition) is 11. The van der Waals surface area contributed by atoms with E-state index in [0.717, 1.165) is 18.4 Å². The zero-order chi connectivity index (χ0) is 31.3. The summed E-state index contributed by atoms with van der Waals surface area (Å²) in [5.41, 5.74) is 5.59. The number of halogens is 1. The lowest BCUT2D eigenvalue weighted by molar-refractivity contribution is -0.119. The van der Waals surface area contributed by atoms with Crippen LogP contribution in [0.3, 0.4) is 0 Å². The lowest BCUT2D eigenvalue weighted by Crippen LogP contribution is -2.45. The molecule has 0 spiro atoms. The van der Waals surface area contributed by atoms with Gasteiger partial charge < -0.3 is 24.6 Å². The van der Waals surface area contributed by atoms with Gasteiger partial charge in [-0.05, 0) is 57.5 Å². The molecule has 0 fully saturated rings. The monoisotopic (exact) mass is 624 g/mol. The molecule has 2 N–H and O–H groups in total. The molecular formula is C27H33FN4O8S2. The number of sulfone groups is 2. The smallest absolute Gasteiger partial charge is 0.247 e. The Labute approximate surface area is 243 Å². The number of benzene rings is 2. The standard InChI is InChI=1S/C27H33FN4O8S2/c1-26(2,15-38-5)39-17-9-7-16(8-10-17)13-32-21-11-18(23-30-25(40-31-23)27(3,4)41(6,34)35)19(28)12-22(21)42(36,37)14-20(29)24(32)33/h7-12,20H,13-15,29H2,1-6H3/t20-/m0/s1. The van der Waals surface area contributed by atoms with E-state index in [4.69, 9.17) is 19.7 Å². The van der Waals surface area contributed by atoms with Crippen molar-refractivity contribution >= 4 is 31.3 Å². The average molecular weight is 625 g/mol. The highest BCUT2D eigenvalue weighted by atomic mass is 32.2. The van der Waals surface area contributed by atoms with Crippen LogP contribution in [-0.4, -0.2) is 70.3 Å². The summed E-state index contributed by atoms with van der Waals surface area (Å²) in [4.78, 5) is 18.2. The number of aromatic nitrogens is 2. The molecule has 42 heavy (non-hydrogen) atoms. The van der Waals surface area contributed by atoms with Gasteiger partial charge in [-0.2, -0.15) is 4.98 Å². The molecule has 1 aliphatic heterocycles. The van der Waals surface area contributed by atoms with Crippen molar-refractivity contribution in [1.82, 2.24) is 10.1 Å². The average Bonchev–Trinajstić information content (AvgIpc) is 3.35. The van der Waals surface area contributed by atoms with Gasteiger partial charge >= 0.3 is 0 Å². The van der Waals surface area contributed by atoms with Gasteiger partial charge in [-0.1, -0.05) is 17.3 Å². The summed E-state index contributed by atoms with van der Waals surface area (Å²) in [6.07, 6.45) is 0.997. The summed E-state index contributed by atoms with van der Waals surface area (Å²) in [6, 6.07) is 7.33. The third-order valence-electron chi connectivity index (χ3n) is 6.92. The zero-order valence-corrected chi connectivity index (χ0v) is 25.7. The second-order valence-corrected chi connectivity index (χ2v) is 15.8. The lowest BCUT2D eigenvalue weighted by Gasteiger charge is -2.26. The Kier molecular flexibility index (Phi) is 8.28. The molecule has 0 aliphatic carbocycles. The van der Waals surface area contributed by atoms with Gasteiger partial charge in [0.2, 0.25) is 17.6 Å². The highest BCUT2D eigenvalue weighted by molar-refractivity contribution is 7.92. The first-order valence-corrected chi connectivity index (χ1v) is 16.3. The summed E-state index contributed by atoms with van der Waals surface area (Å²) in [5.74, 6) is -2.47. The summed E-state index contributed by atoms with van der Waals surface area (Å²) >= 11 is 0. The fourth-order valence-corrected chi connectivity index (χ4v) is 6.30. The van der Waals surface area contributed by atoms with Crippen molar-refractivity contribution < 1.29 is 40.0 Å². The Hall–Kier alpha value is -3.40. The maximum atomic E-state index is 15.4. The molecule has 2 heterocycles. The van der Waals surface area contributed by atoms with Crippen LogP contribution >= 0.6 is 0 Å². The highest BCUT2D eigenvalue weighted by Gasteiger charge is 2.40. The number of ether oxygens (including phenoxy) is 2. The number of anilines is 1. The molecule has 0 bridgehead atoms. The summed E-state index contributed by atoms with van der Waals surface area (Å²) in [7, 11) is -6.30. The van der Waals surface area contributed by atoms with E-state index >= 15 is 4.39 Å². The van der Waals surface area contributed by atoms with Crippen LogP contribution in [0.1, 0.15) is 39.1 Å². The van der Waals surface area contributed by atoms with E-state index < -0.39 is 58.4 Å². The minimum absolute atomic E-state index is 0.0968. The molecule has 4 rings (SSSR count). The first kappa shape index (κ1) is 31.5. The summed E-state index contributed by atoms with van der Waals surface area (Å²) in [6.45, 7) is 6.70. The molecule has 1 aromatic heterocycles. The van der Waals surface area contributed by atoms with Gasteiger partial charge in [0.05, 0.1) is 41.1 Å². The minimum atomic E-state index is -4.18. The Bertz CT molecular complexity index is 1720. The SMILES string of the molecule is COCC(C)(C)Oc1ccc(CN2C(=O)[C@@H](N)CS(=O)(=O)c3cc(F)c(-c4noc(C(C)(C)S(C)(=O)=O)n4)cc32)cc1. The Morgan fingerprint density at radius 2 is 1.81 bits per heavy atom. The molecule has 3 aromatic rings. The van der Waals surface area contributed by atoms with E-state index in [0.29, 0.717) is 17.9 Å². The molecule has 15 heteroatoms. The first-order valence-electron chi connectivity index (χ1n) is 12.8. The Morgan fingerprint density at radius 3 is 2.40 bits per heavy atom. The molecular weight excluding hydrogens is 591 g/mol. The maximum Gasteiger partial charge on any atom is 0.247 e. The highest BCUT2D eigenvalue weighted by Crippen LogP contribution is 2.37. The van der Waals surface area contributed by atoms with Crippen molar-refractivity contribution in [3.05, 3.63) is 53.7 Å². The number of methoxy groups -OCH3 is 1. The van der Waals surface area contributed by atoms with Crippen LogP contribution < -0.4 is 15.4 Å². The fraction of sp³-hybridized carbons (Fsp3) is 0.444. The van der Waals surface area contributed by atoms with Gasteiger partial charge in [0, 0.05) is 13.4 Å².